The number of hydrogen-bond donors (Lipinski definition) is 2. The minimum atomic E-state index is -0.553. The van der Waals surface area contributed by atoms with Gasteiger partial charge in [-0.2, -0.15) is 0 Å². The monoisotopic (exact) mass is 553 g/mol. The van der Waals surface area contributed by atoms with Gasteiger partial charge in [-0.25, -0.2) is 14.6 Å². The van der Waals surface area contributed by atoms with Gasteiger partial charge in [-0.1, -0.05) is 42.5 Å². The van der Waals surface area contributed by atoms with E-state index >= 15 is 0 Å². The second-order valence-electron chi connectivity index (χ2n) is 9.33. The summed E-state index contributed by atoms with van der Waals surface area (Å²) in [5.41, 5.74) is 5.51. The van der Waals surface area contributed by atoms with E-state index < -0.39 is 12.1 Å². The van der Waals surface area contributed by atoms with Crippen LogP contribution >= 0.6 is 0 Å². The maximum atomic E-state index is 12.8. The van der Waals surface area contributed by atoms with Crippen molar-refractivity contribution < 1.29 is 28.5 Å². The zero-order chi connectivity index (χ0) is 28.8. The van der Waals surface area contributed by atoms with Crippen LogP contribution in [0.15, 0.2) is 72.9 Å². The lowest BCUT2D eigenvalue weighted by atomic mass is 9.96. The molecule has 0 atom stereocenters. The number of esters is 1. The van der Waals surface area contributed by atoms with Gasteiger partial charge in [0.25, 0.3) is 0 Å². The molecule has 2 aromatic heterocycles. The van der Waals surface area contributed by atoms with Gasteiger partial charge in [0.2, 0.25) is 0 Å². The first kappa shape index (κ1) is 27.7. The van der Waals surface area contributed by atoms with E-state index in [1.165, 1.54) is 0 Å². The number of nitrogens with zero attached hydrogens (tertiary/aromatic N) is 1. The summed E-state index contributed by atoms with van der Waals surface area (Å²) in [5, 5.41) is 4.56. The third-order valence-corrected chi connectivity index (χ3v) is 6.70. The number of hydrogen-bond acceptors (Lipinski definition) is 7. The molecule has 5 rings (SSSR count). The lowest BCUT2D eigenvalue weighted by Crippen LogP contribution is -2.14. The summed E-state index contributed by atoms with van der Waals surface area (Å²) in [6.45, 7) is 4.95. The van der Waals surface area contributed by atoms with Crippen molar-refractivity contribution in [3.63, 3.8) is 0 Å². The molecule has 0 saturated carbocycles. The van der Waals surface area contributed by atoms with Crippen LogP contribution in [0.2, 0.25) is 0 Å². The second kappa shape index (κ2) is 12.5. The molecule has 210 valence electrons. The molecule has 1 amide bonds. The van der Waals surface area contributed by atoms with E-state index in [4.69, 9.17) is 18.9 Å². The highest BCUT2D eigenvalue weighted by Gasteiger charge is 2.22. The zero-order valence-corrected chi connectivity index (χ0v) is 23.2. The summed E-state index contributed by atoms with van der Waals surface area (Å²) in [6, 6.07) is 20.8. The SMILES string of the molecule is CCOC(=O)c1ncc(-c2cccc(NC(=O)OCc3ccccc3)c2C)c2c1[nH]c1cc(OCCOC)ccc12. The van der Waals surface area contributed by atoms with E-state index in [1.54, 1.807) is 20.2 Å². The van der Waals surface area contributed by atoms with Gasteiger partial charge in [-0.3, -0.25) is 5.32 Å². The molecule has 3 aromatic carbocycles. The molecule has 0 spiro atoms. The van der Waals surface area contributed by atoms with Gasteiger partial charge in [0.1, 0.15) is 19.0 Å². The van der Waals surface area contributed by atoms with E-state index in [-0.39, 0.29) is 18.9 Å². The molecule has 0 aliphatic rings. The first-order valence-corrected chi connectivity index (χ1v) is 13.3. The number of benzene rings is 3. The summed E-state index contributed by atoms with van der Waals surface area (Å²) in [5.74, 6) is 0.158. The van der Waals surface area contributed by atoms with Crippen LogP contribution in [0.25, 0.3) is 32.9 Å². The van der Waals surface area contributed by atoms with E-state index in [1.807, 2.05) is 73.7 Å². The normalized spacial score (nSPS) is 11.0. The van der Waals surface area contributed by atoms with Gasteiger partial charge in [0.15, 0.2) is 5.69 Å². The molecule has 9 nitrogen and oxygen atoms in total. The molecule has 41 heavy (non-hydrogen) atoms. The van der Waals surface area contributed by atoms with Crippen molar-refractivity contribution in [1.29, 1.82) is 0 Å². The molecule has 0 aliphatic carbocycles. The molecular weight excluding hydrogens is 522 g/mol. The Morgan fingerprint density at radius 1 is 0.951 bits per heavy atom. The quantitative estimate of drug-likeness (QED) is 0.147. The summed E-state index contributed by atoms with van der Waals surface area (Å²) in [4.78, 5) is 33.3. The number of H-pyrrole nitrogens is 1. The number of ether oxygens (including phenoxy) is 4. The van der Waals surface area contributed by atoms with Gasteiger partial charge in [0, 0.05) is 41.4 Å². The van der Waals surface area contributed by atoms with Crippen LogP contribution in [0, 0.1) is 6.92 Å². The molecule has 5 aromatic rings. The van der Waals surface area contributed by atoms with Crippen LogP contribution in [0.3, 0.4) is 0 Å². The molecular formula is C32H31N3O6. The first-order valence-electron chi connectivity index (χ1n) is 13.3. The van der Waals surface area contributed by atoms with Gasteiger partial charge in [-0.05, 0) is 48.7 Å². The summed E-state index contributed by atoms with van der Waals surface area (Å²) >= 11 is 0. The van der Waals surface area contributed by atoms with Gasteiger partial charge in [0.05, 0.1) is 24.2 Å². The van der Waals surface area contributed by atoms with Gasteiger partial charge in [-0.15, -0.1) is 0 Å². The molecule has 2 heterocycles. The molecule has 0 unspecified atom stereocenters. The van der Waals surface area contributed by atoms with Crippen LogP contribution in [-0.4, -0.2) is 49.0 Å². The van der Waals surface area contributed by atoms with Crippen LogP contribution in [0.4, 0.5) is 10.5 Å². The van der Waals surface area contributed by atoms with Gasteiger partial charge >= 0.3 is 12.1 Å². The number of aromatic nitrogens is 2. The fraction of sp³-hybridized carbons (Fsp3) is 0.219. The predicted octanol–water partition coefficient (Wildman–Crippen LogP) is 6.64. The average Bonchev–Trinajstić information content (AvgIpc) is 3.36. The Morgan fingerprint density at radius 3 is 2.56 bits per heavy atom. The maximum absolute atomic E-state index is 12.8. The highest BCUT2D eigenvalue weighted by molar-refractivity contribution is 6.18. The highest BCUT2D eigenvalue weighted by Crippen LogP contribution is 2.39. The van der Waals surface area contributed by atoms with Crippen molar-refractivity contribution in [2.24, 2.45) is 0 Å². The maximum Gasteiger partial charge on any atom is 0.411 e. The summed E-state index contributed by atoms with van der Waals surface area (Å²) in [6.07, 6.45) is 1.12. The number of pyridine rings is 1. The molecule has 2 N–H and O–H groups in total. The smallest absolute Gasteiger partial charge is 0.411 e. The Bertz CT molecular complexity index is 1700. The molecule has 0 aliphatic heterocycles. The Kier molecular flexibility index (Phi) is 8.45. The third kappa shape index (κ3) is 6.00. The fourth-order valence-electron chi connectivity index (χ4n) is 4.72. The number of carbonyl (C=O) groups excluding carboxylic acids is 2. The number of rotatable bonds is 10. The minimum absolute atomic E-state index is 0.164. The fourth-order valence-corrected chi connectivity index (χ4v) is 4.72. The molecule has 0 radical (unpaired) electrons. The number of methoxy groups -OCH3 is 1. The largest absolute Gasteiger partial charge is 0.491 e. The number of carbonyl (C=O) groups is 2. The number of aromatic amines is 1. The Labute approximate surface area is 237 Å². The highest BCUT2D eigenvalue weighted by atomic mass is 16.5. The minimum Gasteiger partial charge on any atom is -0.491 e. The van der Waals surface area contributed by atoms with Crippen molar-refractivity contribution in [2.75, 3.05) is 32.2 Å². The number of amides is 1. The second-order valence-corrected chi connectivity index (χ2v) is 9.33. The molecule has 0 fully saturated rings. The van der Waals surface area contributed by atoms with Crippen LogP contribution in [-0.2, 0) is 20.8 Å². The Balaban J connectivity index is 1.53. The van der Waals surface area contributed by atoms with Crippen LogP contribution in [0.1, 0.15) is 28.5 Å². The molecule has 9 heteroatoms. The number of anilines is 1. The molecule has 0 bridgehead atoms. The number of fused-ring (bicyclic) bond motifs is 3. The molecule has 0 saturated heterocycles. The number of nitrogens with one attached hydrogen (secondary N) is 2. The van der Waals surface area contributed by atoms with Crippen molar-refractivity contribution in [3.8, 4) is 16.9 Å². The Hall–Kier alpha value is -4.89. The lowest BCUT2D eigenvalue weighted by Gasteiger charge is -2.14. The van der Waals surface area contributed by atoms with Crippen molar-refractivity contribution in [3.05, 3.63) is 89.7 Å². The average molecular weight is 554 g/mol. The van der Waals surface area contributed by atoms with E-state index in [2.05, 4.69) is 15.3 Å². The van der Waals surface area contributed by atoms with E-state index in [0.717, 1.165) is 38.5 Å². The Morgan fingerprint density at radius 2 is 1.78 bits per heavy atom. The standard InChI is InChI=1S/C32H31N3O6/c1-4-39-31(36)30-29-28(24-14-13-22(17-27(24)34-29)40-16-15-38-3)25(18-33-30)23-11-8-12-26(20(23)2)35-32(37)41-19-21-9-6-5-7-10-21/h5-14,17-18,34H,4,15-16,19H2,1-3H3,(H,35,37). The lowest BCUT2D eigenvalue weighted by molar-refractivity contribution is 0.0522. The summed E-state index contributed by atoms with van der Waals surface area (Å²) in [7, 11) is 1.62. The summed E-state index contributed by atoms with van der Waals surface area (Å²) < 4.78 is 21.6. The topological polar surface area (TPSA) is 112 Å². The van der Waals surface area contributed by atoms with Crippen LogP contribution in [0.5, 0.6) is 5.75 Å². The van der Waals surface area contributed by atoms with E-state index in [9.17, 15) is 9.59 Å². The van der Waals surface area contributed by atoms with Crippen molar-refractivity contribution in [2.45, 2.75) is 20.5 Å². The predicted molar refractivity (Wildman–Crippen MR) is 157 cm³/mol. The van der Waals surface area contributed by atoms with Crippen LogP contribution < -0.4 is 10.1 Å². The zero-order valence-electron chi connectivity index (χ0n) is 23.2. The third-order valence-electron chi connectivity index (χ3n) is 6.70. The van der Waals surface area contributed by atoms with Crippen molar-refractivity contribution in [1.82, 2.24) is 9.97 Å². The van der Waals surface area contributed by atoms with Crippen molar-refractivity contribution >= 4 is 39.6 Å². The van der Waals surface area contributed by atoms with Gasteiger partial charge < -0.3 is 23.9 Å². The van der Waals surface area contributed by atoms with E-state index in [0.29, 0.717) is 30.2 Å². The first-order chi connectivity index (χ1) is 20.0.